The summed E-state index contributed by atoms with van der Waals surface area (Å²) in [6, 6.07) is 24.9. The van der Waals surface area contributed by atoms with Gasteiger partial charge in [-0.05, 0) is 29.8 Å². The number of carbonyl (C=O) groups is 1. The Balaban J connectivity index is 0.00000109. The molecule has 0 aliphatic heterocycles. The van der Waals surface area contributed by atoms with Gasteiger partial charge in [0.15, 0.2) is 0 Å². The first-order valence-corrected chi connectivity index (χ1v) is 9.60. The number of rotatable bonds is 5. The predicted molar refractivity (Wildman–Crippen MR) is 117 cm³/mol. The molecule has 28 heavy (non-hydrogen) atoms. The molecule has 0 radical (unpaired) electrons. The molecule has 0 saturated heterocycles. The largest absolute Gasteiger partial charge is 0.375 e. The predicted octanol–water partition coefficient (Wildman–Crippen LogP) is 5.45. The van der Waals surface area contributed by atoms with Gasteiger partial charge in [0.25, 0.3) is 0 Å². The van der Waals surface area contributed by atoms with E-state index in [-0.39, 0.29) is 12.5 Å². The number of fused-ring (bicyclic) bond motifs is 3. The Bertz CT molecular complexity index is 1070. The van der Waals surface area contributed by atoms with Crippen LogP contribution in [-0.2, 0) is 16.1 Å². The molecule has 0 fully saturated rings. The minimum atomic E-state index is -0.153. The third kappa shape index (κ3) is 4.07. The molecular formula is C24H26N2O2. The van der Waals surface area contributed by atoms with Gasteiger partial charge in [-0.1, -0.05) is 62.4 Å². The van der Waals surface area contributed by atoms with Crippen molar-refractivity contribution in [2.24, 2.45) is 0 Å². The maximum Gasteiger partial charge on any atom is 0.250 e. The van der Waals surface area contributed by atoms with Crippen molar-refractivity contribution in [2.75, 3.05) is 19.0 Å². The van der Waals surface area contributed by atoms with Gasteiger partial charge in [0.1, 0.15) is 6.61 Å². The number of benzene rings is 3. The van der Waals surface area contributed by atoms with Gasteiger partial charge in [-0.15, -0.1) is 0 Å². The molecule has 4 aromatic rings. The van der Waals surface area contributed by atoms with Crippen molar-refractivity contribution < 1.29 is 9.53 Å². The molecule has 4 heteroatoms. The number of aromatic nitrogens is 1. The van der Waals surface area contributed by atoms with Crippen LogP contribution in [0.25, 0.3) is 21.8 Å². The van der Waals surface area contributed by atoms with Gasteiger partial charge in [-0.2, -0.15) is 0 Å². The summed E-state index contributed by atoms with van der Waals surface area (Å²) in [7, 11) is 1.51. The van der Waals surface area contributed by atoms with Crippen LogP contribution in [0.4, 0.5) is 5.69 Å². The molecule has 1 heterocycles. The number of nitrogens with zero attached hydrogens (tertiary/aromatic N) is 1. The lowest BCUT2D eigenvalue weighted by molar-refractivity contribution is -0.119. The van der Waals surface area contributed by atoms with E-state index in [4.69, 9.17) is 4.74 Å². The average Bonchev–Trinajstić information content (AvgIpc) is 3.04. The van der Waals surface area contributed by atoms with E-state index in [1.165, 1.54) is 23.6 Å². The molecule has 1 amide bonds. The van der Waals surface area contributed by atoms with E-state index in [0.29, 0.717) is 0 Å². The maximum absolute atomic E-state index is 11.8. The minimum Gasteiger partial charge on any atom is -0.375 e. The van der Waals surface area contributed by atoms with Crippen molar-refractivity contribution in [3.63, 3.8) is 0 Å². The molecular weight excluding hydrogens is 348 g/mol. The molecule has 4 rings (SSSR count). The van der Waals surface area contributed by atoms with Crippen molar-refractivity contribution in [1.29, 1.82) is 0 Å². The van der Waals surface area contributed by atoms with Crippen LogP contribution in [0.2, 0.25) is 0 Å². The van der Waals surface area contributed by atoms with Crippen LogP contribution >= 0.6 is 0 Å². The summed E-state index contributed by atoms with van der Waals surface area (Å²) in [5.41, 5.74) is 4.38. The first-order valence-electron chi connectivity index (χ1n) is 9.60. The Morgan fingerprint density at radius 3 is 2.32 bits per heavy atom. The summed E-state index contributed by atoms with van der Waals surface area (Å²) in [5.74, 6) is -0.153. The van der Waals surface area contributed by atoms with Crippen LogP contribution in [0.3, 0.4) is 0 Å². The third-order valence-corrected chi connectivity index (χ3v) is 4.52. The number of hydrogen-bond acceptors (Lipinski definition) is 2. The Morgan fingerprint density at radius 1 is 0.893 bits per heavy atom. The first kappa shape index (κ1) is 19.6. The van der Waals surface area contributed by atoms with Crippen LogP contribution in [-0.4, -0.2) is 24.2 Å². The molecule has 1 N–H and O–H groups in total. The number of ether oxygens (including phenoxy) is 1. The summed E-state index contributed by atoms with van der Waals surface area (Å²) in [6.07, 6.45) is 0. The van der Waals surface area contributed by atoms with Gasteiger partial charge in [0.05, 0.1) is 0 Å². The summed E-state index contributed by atoms with van der Waals surface area (Å²) in [6.45, 7) is 4.86. The van der Waals surface area contributed by atoms with Crippen LogP contribution in [0.15, 0.2) is 72.8 Å². The fourth-order valence-corrected chi connectivity index (χ4v) is 3.40. The van der Waals surface area contributed by atoms with Gasteiger partial charge in [-0.3, -0.25) is 4.79 Å². The van der Waals surface area contributed by atoms with E-state index in [2.05, 4.69) is 58.4 Å². The molecule has 0 bridgehead atoms. The Hall–Kier alpha value is -3.11. The van der Waals surface area contributed by atoms with Gasteiger partial charge in [-0.25, -0.2) is 0 Å². The van der Waals surface area contributed by atoms with E-state index in [1.54, 1.807) is 0 Å². The molecule has 0 aliphatic rings. The number of anilines is 1. The third-order valence-electron chi connectivity index (χ3n) is 4.52. The minimum absolute atomic E-state index is 0.0494. The summed E-state index contributed by atoms with van der Waals surface area (Å²) < 4.78 is 7.21. The van der Waals surface area contributed by atoms with Crippen LogP contribution in [0.1, 0.15) is 19.4 Å². The van der Waals surface area contributed by atoms with E-state index >= 15 is 0 Å². The average molecular weight is 374 g/mol. The van der Waals surface area contributed by atoms with Gasteiger partial charge in [0.2, 0.25) is 5.91 Å². The second kappa shape index (κ2) is 9.20. The van der Waals surface area contributed by atoms with Crippen LogP contribution < -0.4 is 5.32 Å². The number of methoxy groups -OCH3 is 1. The molecule has 144 valence electrons. The molecule has 3 aromatic carbocycles. The number of carbonyl (C=O) groups excluding carboxylic acids is 1. The smallest absolute Gasteiger partial charge is 0.250 e. The van der Waals surface area contributed by atoms with E-state index in [0.717, 1.165) is 23.1 Å². The Morgan fingerprint density at radius 2 is 1.57 bits per heavy atom. The highest BCUT2D eigenvalue weighted by Gasteiger charge is 2.12. The molecule has 1 aromatic heterocycles. The second-order valence-electron chi connectivity index (χ2n) is 6.30. The number of amides is 1. The van der Waals surface area contributed by atoms with Crippen molar-refractivity contribution in [3.8, 4) is 0 Å². The highest BCUT2D eigenvalue weighted by Crippen LogP contribution is 2.31. The van der Waals surface area contributed by atoms with Gasteiger partial charge in [0, 0.05) is 41.1 Å². The van der Waals surface area contributed by atoms with Crippen LogP contribution in [0.5, 0.6) is 0 Å². The number of hydrogen-bond donors (Lipinski definition) is 1. The lowest BCUT2D eigenvalue weighted by Crippen LogP contribution is -2.16. The van der Waals surface area contributed by atoms with Crippen LogP contribution in [0, 0.1) is 0 Å². The number of para-hydroxylation sites is 1. The highest BCUT2D eigenvalue weighted by molar-refractivity contribution is 6.09. The molecule has 4 nitrogen and oxygen atoms in total. The molecule has 0 unspecified atom stereocenters. The quantitative estimate of drug-likeness (QED) is 0.504. The zero-order valence-corrected chi connectivity index (χ0v) is 16.6. The van der Waals surface area contributed by atoms with Crippen molar-refractivity contribution in [2.45, 2.75) is 20.4 Å². The number of nitrogens with one attached hydrogen (secondary N) is 1. The zero-order chi connectivity index (χ0) is 19.9. The lowest BCUT2D eigenvalue weighted by Gasteiger charge is -2.08. The molecule has 0 saturated carbocycles. The fourth-order valence-electron chi connectivity index (χ4n) is 3.40. The molecule has 0 spiro atoms. The fraction of sp³-hybridized carbons (Fsp3) is 0.208. The van der Waals surface area contributed by atoms with E-state index in [1.807, 2.05) is 38.1 Å². The zero-order valence-electron chi connectivity index (χ0n) is 16.6. The second-order valence-corrected chi connectivity index (χ2v) is 6.30. The summed E-state index contributed by atoms with van der Waals surface area (Å²) in [5, 5.41) is 5.20. The topological polar surface area (TPSA) is 43.3 Å². The standard InChI is InChI=1S/C22H20N2O2.C2H6/c1-26-15-22(25)23-17-11-12-21-19(13-17)18-9-5-6-10-20(18)24(21)14-16-7-3-2-4-8-16;1-2/h2-13H,14-15H2,1H3,(H,23,25);1-2H3. The van der Waals surface area contributed by atoms with Crippen molar-refractivity contribution in [3.05, 3.63) is 78.4 Å². The van der Waals surface area contributed by atoms with E-state index in [9.17, 15) is 4.79 Å². The summed E-state index contributed by atoms with van der Waals surface area (Å²) in [4.78, 5) is 11.8. The van der Waals surface area contributed by atoms with Gasteiger partial charge < -0.3 is 14.6 Å². The Labute approximate surface area is 165 Å². The normalized spacial score (nSPS) is 10.5. The Kier molecular flexibility index (Phi) is 6.45. The first-order chi connectivity index (χ1) is 13.8. The lowest BCUT2D eigenvalue weighted by atomic mass is 10.1. The molecule has 0 atom stereocenters. The van der Waals surface area contributed by atoms with Crippen molar-refractivity contribution >= 4 is 33.4 Å². The maximum atomic E-state index is 11.8. The SMILES string of the molecule is CC.COCC(=O)Nc1ccc2c(c1)c1ccccc1n2Cc1ccccc1. The van der Waals surface area contributed by atoms with Crippen molar-refractivity contribution in [1.82, 2.24) is 4.57 Å². The monoisotopic (exact) mass is 374 g/mol. The summed E-state index contributed by atoms with van der Waals surface area (Å²) >= 11 is 0. The van der Waals surface area contributed by atoms with E-state index < -0.39 is 0 Å². The highest BCUT2D eigenvalue weighted by atomic mass is 16.5. The molecule has 0 aliphatic carbocycles. The van der Waals surface area contributed by atoms with Gasteiger partial charge >= 0.3 is 0 Å².